The normalized spacial score (nSPS) is 11.6. The van der Waals surface area contributed by atoms with Crippen LogP contribution in [-0.4, -0.2) is 9.97 Å². The SMILES string of the molecule is CCCCC(C)(C)c1nccnc1N. The molecular formula is C11H19N3. The number of nitrogen functional groups attached to an aromatic ring is 1. The number of anilines is 1. The van der Waals surface area contributed by atoms with Crippen LogP contribution in [0.1, 0.15) is 45.7 Å². The van der Waals surface area contributed by atoms with Gasteiger partial charge in [0.05, 0.1) is 5.69 Å². The molecule has 1 rings (SSSR count). The predicted molar refractivity (Wildman–Crippen MR) is 59.0 cm³/mol. The lowest BCUT2D eigenvalue weighted by molar-refractivity contribution is 0.446. The van der Waals surface area contributed by atoms with Crippen molar-refractivity contribution in [3.63, 3.8) is 0 Å². The number of nitrogens with two attached hydrogens (primary N) is 1. The maximum Gasteiger partial charge on any atom is 0.145 e. The van der Waals surface area contributed by atoms with Crippen LogP contribution >= 0.6 is 0 Å². The van der Waals surface area contributed by atoms with Gasteiger partial charge in [-0.15, -0.1) is 0 Å². The van der Waals surface area contributed by atoms with E-state index in [-0.39, 0.29) is 5.41 Å². The monoisotopic (exact) mass is 193 g/mol. The molecule has 0 bridgehead atoms. The maximum absolute atomic E-state index is 5.80. The highest BCUT2D eigenvalue weighted by atomic mass is 14.9. The van der Waals surface area contributed by atoms with Crippen LogP contribution in [0.25, 0.3) is 0 Å². The summed E-state index contributed by atoms with van der Waals surface area (Å²) in [4.78, 5) is 8.38. The summed E-state index contributed by atoms with van der Waals surface area (Å²) in [5, 5.41) is 0. The third-order valence-electron chi connectivity index (χ3n) is 2.52. The van der Waals surface area contributed by atoms with Gasteiger partial charge >= 0.3 is 0 Å². The van der Waals surface area contributed by atoms with Gasteiger partial charge in [-0.3, -0.25) is 4.98 Å². The number of rotatable bonds is 4. The zero-order chi connectivity index (χ0) is 10.6. The molecule has 0 amide bonds. The molecule has 3 heteroatoms. The van der Waals surface area contributed by atoms with E-state index in [2.05, 4.69) is 30.7 Å². The summed E-state index contributed by atoms with van der Waals surface area (Å²) in [7, 11) is 0. The topological polar surface area (TPSA) is 51.8 Å². The Hall–Kier alpha value is -1.12. The minimum absolute atomic E-state index is 0.0361. The second-order valence-corrected chi connectivity index (χ2v) is 4.28. The molecule has 0 saturated heterocycles. The van der Waals surface area contributed by atoms with Crippen molar-refractivity contribution in [3.05, 3.63) is 18.1 Å². The van der Waals surface area contributed by atoms with Crippen molar-refractivity contribution in [2.45, 2.75) is 45.4 Å². The molecule has 0 aliphatic heterocycles. The summed E-state index contributed by atoms with van der Waals surface area (Å²) in [5.74, 6) is 0.564. The third kappa shape index (κ3) is 2.44. The highest BCUT2D eigenvalue weighted by molar-refractivity contribution is 5.38. The molecule has 0 aliphatic carbocycles. The fourth-order valence-corrected chi connectivity index (χ4v) is 1.61. The fourth-order valence-electron chi connectivity index (χ4n) is 1.61. The zero-order valence-corrected chi connectivity index (χ0v) is 9.25. The van der Waals surface area contributed by atoms with E-state index in [0.717, 1.165) is 12.1 Å². The number of hydrogen-bond donors (Lipinski definition) is 1. The molecule has 14 heavy (non-hydrogen) atoms. The van der Waals surface area contributed by atoms with Crippen molar-refractivity contribution >= 4 is 5.82 Å². The van der Waals surface area contributed by atoms with E-state index in [4.69, 9.17) is 5.73 Å². The van der Waals surface area contributed by atoms with Gasteiger partial charge in [0.1, 0.15) is 5.82 Å². The lowest BCUT2D eigenvalue weighted by Crippen LogP contribution is -2.21. The molecule has 0 aromatic carbocycles. The summed E-state index contributed by atoms with van der Waals surface area (Å²) < 4.78 is 0. The predicted octanol–water partition coefficient (Wildman–Crippen LogP) is 2.53. The van der Waals surface area contributed by atoms with E-state index >= 15 is 0 Å². The minimum atomic E-state index is 0.0361. The molecule has 0 fully saturated rings. The smallest absolute Gasteiger partial charge is 0.145 e. The first-order valence-corrected chi connectivity index (χ1v) is 5.15. The van der Waals surface area contributed by atoms with Crippen LogP contribution in [0.5, 0.6) is 0 Å². The van der Waals surface area contributed by atoms with Gasteiger partial charge in [-0.1, -0.05) is 33.6 Å². The lowest BCUT2D eigenvalue weighted by atomic mass is 9.83. The van der Waals surface area contributed by atoms with E-state index in [0.29, 0.717) is 5.82 Å². The third-order valence-corrected chi connectivity index (χ3v) is 2.52. The first-order chi connectivity index (χ1) is 6.58. The summed E-state index contributed by atoms with van der Waals surface area (Å²) in [6, 6.07) is 0. The van der Waals surface area contributed by atoms with Crippen LogP contribution in [0.15, 0.2) is 12.4 Å². The van der Waals surface area contributed by atoms with Crippen molar-refractivity contribution in [1.82, 2.24) is 9.97 Å². The second kappa shape index (κ2) is 4.40. The van der Waals surface area contributed by atoms with Gasteiger partial charge in [0, 0.05) is 17.8 Å². The molecule has 0 unspecified atom stereocenters. The molecule has 1 aromatic rings. The number of aromatic nitrogens is 2. The molecule has 2 N–H and O–H groups in total. The number of unbranched alkanes of at least 4 members (excludes halogenated alkanes) is 1. The fraction of sp³-hybridized carbons (Fsp3) is 0.636. The summed E-state index contributed by atoms with van der Waals surface area (Å²) in [6.45, 7) is 6.53. The highest BCUT2D eigenvalue weighted by Gasteiger charge is 2.24. The van der Waals surface area contributed by atoms with Crippen LogP contribution in [0.3, 0.4) is 0 Å². The largest absolute Gasteiger partial charge is 0.382 e. The average molecular weight is 193 g/mol. The van der Waals surface area contributed by atoms with Crippen LogP contribution < -0.4 is 5.73 Å². The molecule has 1 heterocycles. The summed E-state index contributed by atoms with van der Waals surface area (Å²) in [6.07, 6.45) is 6.84. The Labute approximate surface area is 85.8 Å². The molecule has 0 radical (unpaired) electrons. The first kappa shape index (κ1) is 11.0. The maximum atomic E-state index is 5.80. The highest BCUT2D eigenvalue weighted by Crippen LogP contribution is 2.29. The Kier molecular flexibility index (Phi) is 3.44. The Morgan fingerprint density at radius 1 is 1.29 bits per heavy atom. The summed E-state index contributed by atoms with van der Waals surface area (Å²) >= 11 is 0. The molecule has 78 valence electrons. The minimum Gasteiger partial charge on any atom is -0.382 e. The Bertz CT molecular complexity index is 294. The van der Waals surface area contributed by atoms with E-state index in [9.17, 15) is 0 Å². The zero-order valence-electron chi connectivity index (χ0n) is 9.25. The first-order valence-electron chi connectivity index (χ1n) is 5.15. The van der Waals surface area contributed by atoms with Gasteiger partial charge in [0.25, 0.3) is 0 Å². The lowest BCUT2D eigenvalue weighted by Gasteiger charge is -2.24. The standard InChI is InChI=1S/C11H19N3/c1-4-5-6-11(2,3)9-10(12)14-8-7-13-9/h7-8H,4-6H2,1-3H3,(H2,12,14). The molecule has 0 spiro atoms. The Morgan fingerprint density at radius 3 is 2.50 bits per heavy atom. The van der Waals surface area contributed by atoms with E-state index in [1.54, 1.807) is 12.4 Å². The van der Waals surface area contributed by atoms with E-state index in [1.807, 2.05) is 0 Å². The number of nitrogens with zero attached hydrogens (tertiary/aromatic N) is 2. The average Bonchev–Trinajstić information content (AvgIpc) is 2.15. The van der Waals surface area contributed by atoms with Gasteiger partial charge in [-0.25, -0.2) is 4.98 Å². The molecule has 0 aliphatic rings. The van der Waals surface area contributed by atoms with Gasteiger partial charge in [-0.05, 0) is 6.42 Å². The molecule has 0 saturated carbocycles. The van der Waals surface area contributed by atoms with Crippen LogP contribution in [0.4, 0.5) is 5.82 Å². The van der Waals surface area contributed by atoms with Crippen LogP contribution in [0, 0.1) is 0 Å². The van der Waals surface area contributed by atoms with Gasteiger partial charge in [0.15, 0.2) is 0 Å². The van der Waals surface area contributed by atoms with Crippen LogP contribution in [0.2, 0.25) is 0 Å². The molecule has 0 atom stereocenters. The van der Waals surface area contributed by atoms with Crippen molar-refractivity contribution < 1.29 is 0 Å². The Balaban J connectivity index is 2.86. The van der Waals surface area contributed by atoms with Crippen LogP contribution in [-0.2, 0) is 5.41 Å². The molecular weight excluding hydrogens is 174 g/mol. The van der Waals surface area contributed by atoms with E-state index < -0.39 is 0 Å². The van der Waals surface area contributed by atoms with Crippen molar-refractivity contribution in [3.8, 4) is 0 Å². The van der Waals surface area contributed by atoms with E-state index in [1.165, 1.54) is 12.8 Å². The molecule has 1 aromatic heterocycles. The van der Waals surface area contributed by atoms with Gasteiger partial charge in [-0.2, -0.15) is 0 Å². The van der Waals surface area contributed by atoms with Crippen molar-refractivity contribution in [2.24, 2.45) is 0 Å². The summed E-state index contributed by atoms with van der Waals surface area (Å²) in [5.41, 5.74) is 6.77. The quantitative estimate of drug-likeness (QED) is 0.799. The Morgan fingerprint density at radius 2 is 1.93 bits per heavy atom. The van der Waals surface area contributed by atoms with Crippen molar-refractivity contribution in [2.75, 3.05) is 5.73 Å². The van der Waals surface area contributed by atoms with Gasteiger partial charge < -0.3 is 5.73 Å². The second-order valence-electron chi connectivity index (χ2n) is 4.28. The van der Waals surface area contributed by atoms with Gasteiger partial charge in [0.2, 0.25) is 0 Å². The number of hydrogen-bond acceptors (Lipinski definition) is 3. The van der Waals surface area contributed by atoms with Crippen molar-refractivity contribution in [1.29, 1.82) is 0 Å². The molecule has 3 nitrogen and oxygen atoms in total.